The lowest BCUT2D eigenvalue weighted by Gasteiger charge is -2.38. The molecule has 0 spiro atoms. The van der Waals surface area contributed by atoms with Gasteiger partial charge in [-0.15, -0.1) is 0 Å². The number of nitrogens with zero attached hydrogens (tertiary/aromatic N) is 4. The largest absolute Gasteiger partial charge is 0.444 e. The van der Waals surface area contributed by atoms with Gasteiger partial charge in [-0.3, -0.25) is 4.90 Å². The van der Waals surface area contributed by atoms with E-state index in [1.165, 1.54) is 23.4 Å². The van der Waals surface area contributed by atoms with E-state index >= 15 is 0 Å². The van der Waals surface area contributed by atoms with Crippen molar-refractivity contribution in [1.29, 1.82) is 0 Å². The average Bonchev–Trinajstić information content (AvgIpc) is 3.14. The van der Waals surface area contributed by atoms with Crippen molar-refractivity contribution in [2.75, 3.05) is 19.6 Å². The van der Waals surface area contributed by atoms with Gasteiger partial charge in [0.1, 0.15) is 35.5 Å². The second kappa shape index (κ2) is 9.27. The summed E-state index contributed by atoms with van der Waals surface area (Å²) in [4.78, 5) is 17.9. The highest BCUT2D eigenvalue weighted by molar-refractivity contribution is 5.68. The van der Waals surface area contributed by atoms with Crippen LogP contribution in [-0.2, 0) is 16.9 Å². The SMILES string of the molecule is CC(C)(C)OC(=O)NC1CCN(CC(O)(Cn2cncn2)c2ccc(F)cc2F)CC1. The standard InChI is InChI=1S/C21H29F2N5O3/c1-20(2,3)31-19(29)26-16-6-8-27(9-7-16)11-21(30,12-28-14-24-13-25-28)17-5-4-15(22)10-18(17)23/h4-5,10,13-14,16,30H,6-9,11-12H2,1-3H3,(H,26,29). The van der Waals surface area contributed by atoms with Gasteiger partial charge in [-0.1, -0.05) is 6.07 Å². The molecule has 0 aliphatic carbocycles. The predicted octanol–water partition coefficient (Wildman–Crippen LogP) is 2.43. The molecular formula is C21H29F2N5O3. The zero-order valence-electron chi connectivity index (χ0n) is 18.0. The van der Waals surface area contributed by atoms with Crippen molar-refractivity contribution in [3.63, 3.8) is 0 Å². The Hall–Kier alpha value is -2.59. The molecule has 170 valence electrons. The van der Waals surface area contributed by atoms with E-state index in [1.807, 2.05) is 4.90 Å². The number of rotatable bonds is 6. The summed E-state index contributed by atoms with van der Waals surface area (Å²) < 4.78 is 34.7. The quantitative estimate of drug-likeness (QED) is 0.721. The second-order valence-corrected chi connectivity index (χ2v) is 8.95. The number of piperidine rings is 1. The molecule has 0 radical (unpaired) electrons. The minimum atomic E-state index is -1.64. The lowest BCUT2D eigenvalue weighted by atomic mass is 9.91. The normalized spacial score (nSPS) is 17.9. The third-order valence-electron chi connectivity index (χ3n) is 5.12. The fraction of sp³-hybridized carbons (Fsp3) is 0.571. The van der Waals surface area contributed by atoms with Crippen LogP contribution >= 0.6 is 0 Å². The number of amides is 1. The van der Waals surface area contributed by atoms with Gasteiger partial charge >= 0.3 is 6.09 Å². The first-order chi connectivity index (χ1) is 14.5. The number of halogens is 2. The molecule has 10 heteroatoms. The smallest absolute Gasteiger partial charge is 0.407 e. The fourth-order valence-corrected chi connectivity index (χ4v) is 3.75. The van der Waals surface area contributed by atoms with Gasteiger partial charge in [-0.25, -0.2) is 23.2 Å². The Labute approximate surface area is 180 Å². The molecule has 2 N–H and O–H groups in total. The summed E-state index contributed by atoms with van der Waals surface area (Å²) in [7, 11) is 0. The Balaban J connectivity index is 1.66. The molecule has 1 aromatic heterocycles. The van der Waals surface area contributed by atoms with E-state index in [0.717, 1.165) is 12.1 Å². The van der Waals surface area contributed by atoms with Crippen molar-refractivity contribution < 1.29 is 23.4 Å². The number of hydrogen-bond acceptors (Lipinski definition) is 6. The number of carbonyl (C=O) groups excluding carboxylic acids is 1. The van der Waals surface area contributed by atoms with Gasteiger partial charge in [-0.05, 0) is 39.7 Å². The van der Waals surface area contributed by atoms with E-state index in [2.05, 4.69) is 15.4 Å². The molecule has 1 saturated heterocycles. The number of carbonyl (C=O) groups is 1. The van der Waals surface area contributed by atoms with Gasteiger partial charge in [0.2, 0.25) is 0 Å². The van der Waals surface area contributed by atoms with Crippen molar-refractivity contribution >= 4 is 6.09 Å². The van der Waals surface area contributed by atoms with E-state index in [-0.39, 0.29) is 24.7 Å². The van der Waals surface area contributed by atoms with E-state index < -0.39 is 28.9 Å². The van der Waals surface area contributed by atoms with E-state index in [0.29, 0.717) is 25.9 Å². The molecule has 1 amide bonds. The second-order valence-electron chi connectivity index (χ2n) is 8.95. The van der Waals surface area contributed by atoms with Crippen LogP contribution in [-0.4, -0.2) is 62.1 Å². The third-order valence-corrected chi connectivity index (χ3v) is 5.12. The first kappa shape index (κ1) is 23.1. The lowest BCUT2D eigenvalue weighted by Crippen LogP contribution is -2.50. The lowest BCUT2D eigenvalue weighted by molar-refractivity contribution is -0.0276. The Morgan fingerprint density at radius 2 is 1.97 bits per heavy atom. The highest BCUT2D eigenvalue weighted by Gasteiger charge is 2.37. The number of benzene rings is 1. The molecule has 2 heterocycles. The first-order valence-corrected chi connectivity index (χ1v) is 10.3. The topological polar surface area (TPSA) is 92.5 Å². The molecule has 0 saturated carbocycles. The Morgan fingerprint density at radius 1 is 1.26 bits per heavy atom. The minimum Gasteiger partial charge on any atom is -0.444 e. The van der Waals surface area contributed by atoms with Crippen LogP contribution in [0.25, 0.3) is 0 Å². The molecule has 3 rings (SSSR count). The van der Waals surface area contributed by atoms with Crippen LogP contribution in [0.2, 0.25) is 0 Å². The average molecular weight is 437 g/mol. The maximum absolute atomic E-state index is 14.5. The molecule has 2 aromatic rings. The number of ether oxygens (including phenoxy) is 1. The van der Waals surface area contributed by atoms with Crippen molar-refractivity contribution in [3.8, 4) is 0 Å². The highest BCUT2D eigenvalue weighted by Crippen LogP contribution is 2.29. The van der Waals surface area contributed by atoms with Crippen molar-refractivity contribution in [1.82, 2.24) is 25.0 Å². The van der Waals surface area contributed by atoms with E-state index in [4.69, 9.17) is 4.74 Å². The van der Waals surface area contributed by atoms with Crippen molar-refractivity contribution in [2.24, 2.45) is 0 Å². The summed E-state index contributed by atoms with van der Waals surface area (Å²) in [5, 5.41) is 18.3. The monoisotopic (exact) mass is 437 g/mol. The van der Waals surface area contributed by atoms with Crippen LogP contribution < -0.4 is 5.32 Å². The van der Waals surface area contributed by atoms with E-state index in [9.17, 15) is 18.7 Å². The van der Waals surface area contributed by atoms with E-state index in [1.54, 1.807) is 20.8 Å². The van der Waals surface area contributed by atoms with Gasteiger partial charge < -0.3 is 15.2 Å². The van der Waals surface area contributed by atoms with Crippen LogP contribution in [0.4, 0.5) is 13.6 Å². The first-order valence-electron chi connectivity index (χ1n) is 10.3. The molecule has 31 heavy (non-hydrogen) atoms. The van der Waals surface area contributed by atoms with Crippen LogP contribution in [0.1, 0.15) is 39.2 Å². The maximum Gasteiger partial charge on any atom is 0.407 e. The molecule has 1 aliphatic heterocycles. The number of aliphatic hydroxyl groups is 1. The van der Waals surface area contributed by atoms with Gasteiger partial charge in [0, 0.05) is 37.3 Å². The van der Waals surface area contributed by atoms with Crippen LogP contribution in [0, 0.1) is 11.6 Å². The summed E-state index contributed by atoms with van der Waals surface area (Å²) in [6.45, 7) is 6.67. The van der Waals surface area contributed by atoms with Gasteiger partial charge in [-0.2, -0.15) is 5.10 Å². The third kappa shape index (κ3) is 6.44. The Morgan fingerprint density at radius 3 is 2.55 bits per heavy atom. The fourth-order valence-electron chi connectivity index (χ4n) is 3.75. The summed E-state index contributed by atoms with van der Waals surface area (Å²) in [6, 6.07) is 3.11. The summed E-state index contributed by atoms with van der Waals surface area (Å²) in [5.74, 6) is -1.53. The van der Waals surface area contributed by atoms with Crippen LogP contribution in [0.3, 0.4) is 0 Å². The number of likely N-dealkylation sites (tertiary alicyclic amines) is 1. The van der Waals surface area contributed by atoms with Gasteiger partial charge in [0.25, 0.3) is 0 Å². The van der Waals surface area contributed by atoms with Crippen LogP contribution in [0.5, 0.6) is 0 Å². The number of aromatic nitrogens is 3. The molecule has 1 fully saturated rings. The number of nitrogens with one attached hydrogen (secondary N) is 1. The van der Waals surface area contributed by atoms with Crippen molar-refractivity contribution in [3.05, 3.63) is 48.1 Å². The number of hydrogen-bond donors (Lipinski definition) is 2. The summed E-state index contributed by atoms with van der Waals surface area (Å²) in [6.07, 6.45) is 3.62. The maximum atomic E-state index is 14.5. The number of alkyl carbamates (subject to hydrolysis) is 1. The Kier molecular flexibility index (Phi) is 6.90. The highest BCUT2D eigenvalue weighted by atomic mass is 19.1. The van der Waals surface area contributed by atoms with Gasteiger partial charge in [0.05, 0.1) is 6.54 Å². The molecule has 1 unspecified atom stereocenters. The zero-order chi connectivity index (χ0) is 22.6. The minimum absolute atomic E-state index is 0.00148. The Bertz CT molecular complexity index is 880. The molecule has 1 aliphatic rings. The molecule has 1 aromatic carbocycles. The predicted molar refractivity (Wildman–Crippen MR) is 109 cm³/mol. The molecule has 1 atom stereocenters. The number of β-amino-alcohol motifs (C(OH)–C–C–N with tert-alkyl or cyclic N) is 1. The van der Waals surface area contributed by atoms with Gasteiger partial charge in [0.15, 0.2) is 0 Å². The molecule has 0 bridgehead atoms. The molecule has 8 nitrogen and oxygen atoms in total. The summed E-state index contributed by atoms with van der Waals surface area (Å²) >= 11 is 0. The van der Waals surface area contributed by atoms with Crippen molar-refractivity contribution in [2.45, 2.75) is 57.4 Å². The van der Waals surface area contributed by atoms with Crippen LogP contribution in [0.15, 0.2) is 30.9 Å². The summed E-state index contributed by atoms with van der Waals surface area (Å²) in [5.41, 5.74) is -2.21. The zero-order valence-corrected chi connectivity index (χ0v) is 18.0. The molecular weight excluding hydrogens is 408 g/mol.